The smallest absolute Gasteiger partial charge is 0.167 e. The standard InChI is InChI=1S/C14H14N4/c1-12(15-17-13-8-4-2-5-9-13)16-18-14-10-6-3-7-11-14/h2-11,17H,1H3/b15-12+,18-16+. The molecule has 0 bridgehead atoms. The first-order valence-corrected chi connectivity index (χ1v) is 5.67. The van der Waals surface area contributed by atoms with Crippen LogP contribution in [0.2, 0.25) is 0 Å². The van der Waals surface area contributed by atoms with Crippen molar-refractivity contribution in [3.63, 3.8) is 0 Å². The monoisotopic (exact) mass is 238 g/mol. The normalized spacial score (nSPS) is 11.7. The molecule has 1 N–H and O–H groups in total. The van der Waals surface area contributed by atoms with Crippen molar-refractivity contribution in [1.82, 2.24) is 0 Å². The maximum atomic E-state index is 4.12. The topological polar surface area (TPSA) is 49.1 Å². The van der Waals surface area contributed by atoms with Gasteiger partial charge in [0, 0.05) is 0 Å². The predicted molar refractivity (Wildman–Crippen MR) is 74.1 cm³/mol. The molecule has 2 aromatic rings. The number of nitrogens with zero attached hydrogens (tertiary/aromatic N) is 3. The molecule has 0 aromatic heterocycles. The van der Waals surface area contributed by atoms with Crippen LogP contribution in [0.25, 0.3) is 0 Å². The summed E-state index contributed by atoms with van der Waals surface area (Å²) in [6.07, 6.45) is 0. The van der Waals surface area contributed by atoms with Gasteiger partial charge in [0.25, 0.3) is 0 Å². The van der Waals surface area contributed by atoms with Crippen LogP contribution in [0.15, 0.2) is 76.0 Å². The molecule has 2 rings (SSSR count). The van der Waals surface area contributed by atoms with E-state index in [-0.39, 0.29) is 0 Å². The molecule has 0 spiro atoms. The number of hydrogen-bond donors (Lipinski definition) is 1. The molecule has 0 radical (unpaired) electrons. The van der Waals surface area contributed by atoms with Gasteiger partial charge < -0.3 is 0 Å². The van der Waals surface area contributed by atoms with Crippen LogP contribution in [0, 0.1) is 0 Å². The van der Waals surface area contributed by atoms with Gasteiger partial charge in [-0.05, 0) is 31.2 Å². The van der Waals surface area contributed by atoms with E-state index in [1.165, 1.54) is 0 Å². The fourth-order valence-electron chi connectivity index (χ4n) is 1.31. The Hall–Kier alpha value is -2.49. The number of amidine groups is 1. The number of para-hydroxylation sites is 1. The van der Waals surface area contributed by atoms with Crippen molar-refractivity contribution in [2.45, 2.75) is 6.92 Å². The van der Waals surface area contributed by atoms with Crippen molar-refractivity contribution in [2.24, 2.45) is 15.3 Å². The van der Waals surface area contributed by atoms with Gasteiger partial charge >= 0.3 is 0 Å². The van der Waals surface area contributed by atoms with Crippen molar-refractivity contribution < 1.29 is 0 Å². The maximum Gasteiger partial charge on any atom is 0.167 e. The first-order valence-electron chi connectivity index (χ1n) is 5.67. The van der Waals surface area contributed by atoms with Crippen LogP contribution in [-0.2, 0) is 0 Å². The van der Waals surface area contributed by atoms with Crippen LogP contribution in [0.1, 0.15) is 6.92 Å². The summed E-state index contributed by atoms with van der Waals surface area (Å²) in [7, 11) is 0. The van der Waals surface area contributed by atoms with Gasteiger partial charge in [-0.15, -0.1) is 10.2 Å². The van der Waals surface area contributed by atoms with Crippen molar-refractivity contribution >= 4 is 17.2 Å². The van der Waals surface area contributed by atoms with E-state index in [1.54, 1.807) is 6.92 Å². The highest BCUT2D eigenvalue weighted by Gasteiger charge is 1.89. The molecule has 4 heteroatoms. The average molecular weight is 238 g/mol. The Labute approximate surface area is 106 Å². The molecule has 90 valence electrons. The molecule has 0 aliphatic carbocycles. The quantitative estimate of drug-likeness (QED) is 0.370. The molecule has 18 heavy (non-hydrogen) atoms. The molecule has 0 amide bonds. The SMILES string of the molecule is CC(/N=N/c1ccccc1)=N\Nc1ccccc1. The zero-order valence-corrected chi connectivity index (χ0v) is 10.1. The van der Waals surface area contributed by atoms with Gasteiger partial charge in [0.1, 0.15) is 0 Å². The molecule has 0 atom stereocenters. The molecule has 0 heterocycles. The van der Waals surface area contributed by atoms with Crippen LogP contribution in [0.5, 0.6) is 0 Å². The fraction of sp³-hybridized carbons (Fsp3) is 0.0714. The van der Waals surface area contributed by atoms with Crippen LogP contribution in [0.3, 0.4) is 0 Å². The minimum Gasteiger partial charge on any atom is -0.277 e. The van der Waals surface area contributed by atoms with E-state index in [2.05, 4.69) is 20.8 Å². The lowest BCUT2D eigenvalue weighted by atomic mass is 10.3. The summed E-state index contributed by atoms with van der Waals surface area (Å²) in [5, 5.41) is 12.2. The highest BCUT2D eigenvalue weighted by atomic mass is 15.3. The van der Waals surface area contributed by atoms with Gasteiger partial charge in [0.05, 0.1) is 11.4 Å². The van der Waals surface area contributed by atoms with Gasteiger partial charge in [-0.25, -0.2) is 0 Å². The molecule has 0 aliphatic rings. The van der Waals surface area contributed by atoms with Crippen molar-refractivity contribution in [2.75, 3.05) is 5.43 Å². The zero-order valence-electron chi connectivity index (χ0n) is 10.1. The number of anilines is 1. The van der Waals surface area contributed by atoms with Crippen LogP contribution >= 0.6 is 0 Å². The summed E-state index contributed by atoms with van der Waals surface area (Å²) in [6, 6.07) is 19.3. The highest BCUT2D eigenvalue weighted by Crippen LogP contribution is 2.10. The molecule has 4 nitrogen and oxygen atoms in total. The average Bonchev–Trinajstić information content (AvgIpc) is 2.45. The summed E-state index contributed by atoms with van der Waals surface area (Å²) >= 11 is 0. The molecule has 2 aromatic carbocycles. The van der Waals surface area contributed by atoms with Crippen LogP contribution < -0.4 is 5.43 Å². The molecule has 0 fully saturated rings. The number of hydrogen-bond acceptors (Lipinski definition) is 3. The second-order valence-electron chi connectivity index (χ2n) is 3.67. The van der Waals surface area contributed by atoms with Crippen molar-refractivity contribution in [1.29, 1.82) is 0 Å². The van der Waals surface area contributed by atoms with E-state index in [1.807, 2.05) is 60.7 Å². The number of hydrazone groups is 1. The third-order valence-electron chi connectivity index (χ3n) is 2.19. The molecular formula is C14H14N4. The summed E-state index contributed by atoms with van der Waals surface area (Å²) < 4.78 is 0. The summed E-state index contributed by atoms with van der Waals surface area (Å²) in [5.74, 6) is 0.572. The Balaban J connectivity index is 1.96. The minimum atomic E-state index is 0.572. The molecule has 0 saturated carbocycles. The highest BCUT2D eigenvalue weighted by molar-refractivity contribution is 5.80. The first-order chi connectivity index (χ1) is 8.84. The Morgan fingerprint density at radius 1 is 0.889 bits per heavy atom. The van der Waals surface area contributed by atoms with E-state index in [0.717, 1.165) is 11.4 Å². The Kier molecular flexibility index (Phi) is 4.19. The molecule has 0 saturated heterocycles. The summed E-state index contributed by atoms with van der Waals surface area (Å²) in [5.41, 5.74) is 4.65. The number of benzene rings is 2. The minimum absolute atomic E-state index is 0.572. The van der Waals surface area contributed by atoms with E-state index in [0.29, 0.717) is 5.84 Å². The lowest BCUT2D eigenvalue weighted by molar-refractivity contribution is 1.22. The van der Waals surface area contributed by atoms with E-state index in [4.69, 9.17) is 0 Å². The predicted octanol–water partition coefficient (Wildman–Crippen LogP) is 4.22. The maximum absolute atomic E-state index is 4.12. The van der Waals surface area contributed by atoms with Crippen molar-refractivity contribution in [3.8, 4) is 0 Å². The Morgan fingerprint density at radius 3 is 2.17 bits per heavy atom. The summed E-state index contributed by atoms with van der Waals surface area (Å²) in [6.45, 7) is 1.79. The van der Waals surface area contributed by atoms with Gasteiger partial charge in [0.15, 0.2) is 5.84 Å². The van der Waals surface area contributed by atoms with E-state index in [9.17, 15) is 0 Å². The molecule has 0 aliphatic heterocycles. The number of azo groups is 1. The zero-order chi connectivity index (χ0) is 12.6. The van der Waals surface area contributed by atoms with Gasteiger partial charge in [0.2, 0.25) is 0 Å². The Bertz CT molecular complexity index is 532. The first kappa shape index (κ1) is 12.0. The van der Waals surface area contributed by atoms with Crippen LogP contribution in [-0.4, -0.2) is 5.84 Å². The second kappa shape index (κ2) is 6.30. The lowest BCUT2D eigenvalue weighted by Gasteiger charge is -1.98. The molecule has 0 unspecified atom stereocenters. The second-order valence-corrected chi connectivity index (χ2v) is 3.67. The van der Waals surface area contributed by atoms with Crippen LogP contribution in [0.4, 0.5) is 11.4 Å². The summed E-state index contributed by atoms with van der Waals surface area (Å²) in [4.78, 5) is 0. The van der Waals surface area contributed by atoms with E-state index >= 15 is 0 Å². The third kappa shape index (κ3) is 3.83. The number of rotatable bonds is 3. The van der Waals surface area contributed by atoms with Gasteiger partial charge in [-0.1, -0.05) is 36.4 Å². The van der Waals surface area contributed by atoms with Gasteiger partial charge in [-0.3, -0.25) is 5.43 Å². The van der Waals surface area contributed by atoms with Gasteiger partial charge in [-0.2, -0.15) is 5.10 Å². The largest absolute Gasteiger partial charge is 0.277 e. The lowest BCUT2D eigenvalue weighted by Crippen LogP contribution is -1.93. The Morgan fingerprint density at radius 2 is 1.50 bits per heavy atom. The van der Waals surface area contributed by atoms with Crippen molar-refractivity contribution in [3.05, 3.63) is 60.7 Å². The fourth-order valence-corrected chi connectivity index (χ4v) is 1.31. The van der Waals surface area contributed by atoms with E-state index < -0.39 is 0 Å². The number of nitrogens with one attached hydrogen (secondary N) is 1. The third-order valence-corrected chi connectivity index (χ3v) is 2.19. The molecular weight excluding hydrogens is 224 g/mol.